The van der Waals surface area contributed by atoms with Gasteiger partial charge < -0.3 is 14.6 Å². The van der Waals surface area contributed by atoms with Crippen molar-refractivity contribution in [2.24, 2.45) is 0 Å². The van der Waals surface area contributed by atoms with Crippen LogP contribution in [0.3, 0.4) is 0 Å². The van der Waals surface area contributed by atoms with Crippen LogP contribution in [0.15, 0.2) is 36.8 Å². The zero-order chi connectivity index (χ0) is 13.1. The Bertz CT molecular complexity index is 527. The predicted molar refractivity (Wildman–Crippen MR) is 74.7 cm³/mol. The lowest BCUT2D eigenvalue weighted by Crippen LogP contribution is -2.16. The highest BCUT2D eigenvalue weighted by Crippen LogP contribution is 2.25. The molecule has 0 amide bonds. The fourth-order valence-electron chi connectivity index (χ4n) is 2.59. The quantitative estimate of drug-likeness (QED) is 0.915. The highest BCUT2D eigenvalue weighted by atomic mass is 16.5. The first-order valence-electron chi connectivity index (χ1n) is 6.87. The Labute approximate surface area is 113 Å². The number of ether oxygens (including phenoxy) is 1. The first-order chi connectivity index (χ1) is 9.38. The zero-order valence-electron chi connectivity index (χ0n) is 11.2. The molecule has 0 spiro atoms. The van der Waals surface area contributed by atoms with Crippen molar-refractivity contribution in [1.82, 2.24) is 14.9 Å². The molecule has 1 unspecified atom stereocenters. The van der Waals surface area contributed by atoms with E-state index in [0.717, 1.165) is 18.0 Å². The van der Waals surface area contributed by atoms with Gasteiger partial charge in [-0.1, -0.05) is 0 Å². The Morgan fingerprint density at radius 3 is 2.89 bits per heavy atom. The summed E-state index contributed by atoms with van der Waals surface area (Å²) in [6.45, 7) is 3.79. The van der Waals surface area contributed by atoms with Crippen LogP contribution in [-0.2, 0) is 0 Å². The number of hydrogen-bond donors (Lipinski definition) is 1. The molecule has 3 rings (SSSR count). The van der Waals surface area contributed by atoms with Crippen LogP contribution in [0.25, 0.3) is 5.69 Å². The molecule has 0 radical (unpaired) electrons. The average molecular weight is 257 g/mol. The Morgan fingerprint density at radius 2 is 2.21 bits per heavy atom. The number of nitrogens with zero attached hydrogens (tertiary/aromatic N) is 2. The van der Waals surface area contributed by atoms with Gasteiger partial charge in [0.2, 0.25) is 0 Å². The van der Waals surface area contributed by atoms with Gasteiger partial charge >= 0.3 is 0 Å². The topological polar surface area (TPSA) is 39.1 Å². The molecule has 0 bridgehead atoms. The number of imidazole rings is 1. The minimum absolute atomic E-state index is 0.425. The molecule has 1 saturated heterocycles. The summed E-state index contributed by atoms with van der Waals surface area (Å²) >= 11 is 0. The molecule has 4 nitrogen and oxygen atoms in total. The first-order valence-corrected chi connectivity index (χ1v) is 6.87. The van der Waals surface area contributed by atoms with Crippen LogP contribution in [0, 0.1) is 0 Å². The summed E-state index contributed by atoms with van der Waals surface area (Å²) in [4.78, 5) is 4.29. The Balaban J connectivity index is 1.87. The van der Waals surface area contributed by atoms with E-state index in [-0.39, 0.29) is 0 Å². The van der Waals surface area contributed by atoms with Crippen molar-refractivity contribution in [2.75, 3.05) is 13.2 Å². The molecule has 1 fully saturated rings. The maximum absolute atomic E-state index is 5.47. The minimum atomic E-state index is 0.425. The van der Waals surface area contributed by atoms with E-state index in [1.165, 1.54) is 18.5 Å². The summed E-state index contributed by atoms with van der Waals surface area (Å²) in [6.07, 6.45) is 6.26. The summed E-state index contributed by atoms with van der Waals surface area (Å²) in [5, 5.41) is 3.52. The lowest BCUT2D eigenvalue weighted by Gasteiger charge is -2.14. The number of hydrogen-bond acceptors (Lipinski definition) is 3. The van der Waals surface area contributed by atoms with Gasteiger partial charge in [-0.25, -0.2) is 4.98 Å². The van der Waals surface area contributed by atoms with E-state index < -0.39 is 0 Å². The molecule has 2 aromatic rings. The molecule has 1 aliphatic rings. The van der Waals surface area contributed by atoms with Gasteiger partial charge in [0.05, 0.1) is 24.8 Å². The van der Waals surface area contributed by atoms with E-state index in [9.17, 15) is 0 Å². The summed E-state index contributed by atoms with van der Waals surface area (Å²) in [7, 11) is 0. The van der Waals surface area contributed by atoms with Crippen molar-refractivity contribution >= 4 is 0 Å². The van der Waals surface area contributed by atoms with Crippen molar-refractivity contribution in [2.45, 2.75) is 25.8 Å². The number of rotatable bonds is 4. The molecule has 0 saturated carbocycles. The van der Waals surface area contributed by atoms with Crippen LogP contribution in [0.2, 0.25) is 0 Å². The predicted octanol–water partition coefficient (Wildman–Crippen LogP) is 2.70. The molecule has 1 N–H and O–H groups in total. The van der Waals surface area contributed by atoms with Crippen LogP contribution in [0.4, 0.5) is 0 Å². The second-order valence-electron chi connectivity index (χ2n) is 4.76. The van der Waals surface area contributed by atoms with Crippen LogP contribution in [0.5, 0.6) is 5.75 Å². The van der Waals surface area contributed by atoms with E-state index in [4.69, 9.17) is 4.74 Å². The number of nitrogens with one attached hydrogen (secondary N) is 1. The zero-order valence-corrected chi connectivity index (χ0v) is 11.2. The fourth-order valence-corrected chi connectivity index (χ4v) is 2.59. The van der Waals surface area contributed by atoms with Gasteiger partial charge in [0.15, 0.2) is 0 Å². The molecule has 1 aromatic carbocycles. The molecule has 1 atom stereocenters. The largest absolute Gasteiger partial charge is 0.494 e. The van der Waals surface area contributed by atoms with Crippen molar-refractivity contribution in [3.63, 3.8) is 0 Å². The number of benzene rings is 1. The van der Waals surface area contributed by atoms with E-state index in [1.807, 2.05) is 31.6 Å². The smallest absolute Gasteiger partial charge is 0.119 e. The summed E-state index contributed by atoms with van der Waals surface area (Å²) < 4.78 is 7.62. The second-order valence-corrected chi connectivity index (χ2v) is 4.76. The molecular weight excluding hydrogens is 238 g/mol. The van der Waals surface area contributed by atoms with Gasteiger partial charge in [-0.3, -0.25) is 0 Å². The van der Waals surface area contributed by atoms with Gasteiger partial charge in [-0.2, -0.15) is 0 Å². The Morgan fingerprint density at radius 1 is 1.37 bits per heavy atom. The van der Waals surface area contributed by atoms with Gasteiger partial charge in [0.25, 0.3) is 0 Å². The monoisotopic (exact) mass is 257 g/mol. The molecule has 1 aromatic heterocycles. The standard InChI is InChI=1S/C15H19N3O/c1-2-19-13-7-5-12(6-8-13)18-11-16-10-15(18)14-4-3-9-17-14/h5-8,10-11,14,17H,2-4,9H2,1H3. The Kier molecular flexibility index (Phi) is 3.51. The van der Waals surface area contributed by atoms with E-state index in [0.29, 0.717) is 12.6 Å². The maximum atomic E-state index is 5.47. The lowest BCUT2D eigenvalue weighted by molar-refractivity contribution is 0.340. The van der Waals surface area contributed by atoms with Gasteiger partial charge in [0.1, 0.15) is 5.75 Å². The van der Waals surface area contributed by atoms with Crippen LogP contribution < -0.4 is 10.1 Å². The van der Waals surface area contributed by atoms with E-state index in [2.05, 4.69) is 27.0 Å². The van der Waals surface area contributed by atoms with Crippen LogP contribution in [-0.4, -0.2) is 22.7 Å². The third kappa shape index (κ3) is 2.49. The van der Waals surface area contributed by atoms with Gasteiger partial charge in [-0.05, 0) is 50.6 Å². The van der Waals surface area contributed by atoms with Crippen molar-refractivity contribution in [3.8, 4) is 11.4 Å². The highest BCUT2D eigenvalue weighted by molar-refractivity contribution is 5.39. The summed E-state index contributed by atoms with van der Waals surface area (Å²) in [5.41, 5.74) is 2.37. The van der Waals surface area contributed by atoms with Gasteiger partial charge in [0, 0.05) is 11.7 Å². The molecular formula is C15H19N3O. The molecule has 1 aliphatic heterocycles. The van der Waals surface area contributed by atoms with Gasteiger partial charge in [-0.15, -0.1) is 0 Å². The average Bonchev–Trinajstić information content (AvgIpc) is 3.11. The third-order valence-electron chi connectivity index (χ3n) is 3.51. The van der Waals surface area contributed by atoms with Crippen LogP contribution >= 0.6 is 0 Å². The minimum Gasteiger partial charge on any atom is -0.494 e. The lowest BCUT2D eigenvalue weighted by atomic mass is 10.1. The van der Waals surface area contributed by atoms with Crippen LogP contribution in [0.1, 0.15) is 31.5 Å². The maximum Gasteiger partial charge on any atom is 0.119 e. The van der Waals surface area contributed by atoms with Crippen molar-refractivity contribution in [3.05, 3.63) is 42.5 Å². The normalized spacial score (nSPS) is 18.7. The second kappa shape index (κ2) is 5.45. The molecule has 0 aliphatic carbocycles. The first kappa shape index (κ1) is 12.2. The molecule has 2 heterocycles. The van der Waals surface area contributed by atoms with E-state index in [1.54, 1.807) is 0 Å². The van der Waals surface area contributed by atoms with Crippen molar-refractivity contribution in [1.29, 1.82) is 0 Å². The third-order valence-corrected chi connectivity index (χ3v) is 3.51. The Hall–Kier alpha value is -1.81. The fraction of sp³-hybridized carbons (Fsp3) is 0.400. The summed E-state index contributed by atoms with van der Waals surface area (Å²) in [6, 6.07) is 8.58. The SMILES string of the molecule is CCOc1ccc(-n2cncc2C2CCCN2)cc1. The molecule has 4 heteroatoms. The molecule has 19 heavy (non-hydrogen) atoms. The number of aromatic nitrogens is 2. The highest BCUT2D eigenvalue weighted by Gasteiger charge is 2.20. The summed E-state index contributed by atoms with van der Waals surface area (Å²) in [5.74, 6) is 0.909. The van der Waals surface area contributed by atoms with E-state index >= 15 is 0 Å². The van der Waals surface area contributed by atoms with Crippen molar-refractivity contribution < 1.29 is 4.74 Å². The molecule has 100 valence electrons.